The van der Waals surface area contributed by atoms with Gasteiger partial charge in [0.2, 0.25) is 0 Å². The second-order valence-corrected chi connectivity index (χ2v) is 30.3. The molecule has 0 aromatic carbocycles. The lowest BCUT2D eigenvalue weighted by atomic mass is 10.1. The molecule has 0 amide bonds. The van der Waals surface area contributed by atoms with Crippen molar-refractivity contribution in [1.82, 2.24) is 14.7 Å². The Morgan fingerprint density at radius 1 is 0.625 bits per heavy atom. The van der Waals surface area contributed by atoms with Gasteiger partial charge in [-0.3, -0.25) is 14.6 Å². The second kappa shape index (κ2) is 29.3. The van der Waals surface area contributed by atoms with Crippen LogP contribution < -0.4 is 0 Å². The first-order valence-corrected chi connectivity index (χ1v) is 30.1. The number of hydrogen-bond donors (Lipinski definition) is 1. The summed E-state index contributed by atoms with van der Waals surface area (Å²) >= 11 is 4.35. The van der Waals surface area contributed by atoms with Gasteiger partial charge in [0, 0.05) is 52.2 Å². The van der Waals surface area contributed by atoms with Crippen LogP contribution in [-0.2, 0) is 18.4 Å². The fourth-order valence-corrected chi connectivity index (χ4v) is 10.2. The molecule has 1 fully saturated rings. The summed E-state index contributed by atoms with van der Waals surface area (Å²) in [5, 5.41) is 0.318. The van der Waals surface area contributed by atoms with Crippen molar-refractivity contribution in [3.63, 3.8) is 0 Å². The highest BCUT2D eigenvalue weighted by Crippen LogP contribution is 2.39. The molecule has 1 saturated heterocycles. The molecule has 0 radical (unpaired) electrons. The van der Waals surface area contributed by atoms with Gasteiger partial charge in [-0.25, -0.2) is 0 Å². The topological polar surface area (TPSA) is 54.5 Å². The van der Waals surface area contributed by atoms with Gasteiger partial charge in [-0.05, 0) is 87.2 Å². The Bertz CT molecular complexity index is 932. The third-order valence-electron chi connectivity index (χ3n) is 13.1. The summed E-state index contributed by atoms with van der Waals surface area (Å²) in [6, 6.07) is 0. The number of esters is 1. The zero-order valence-corrected chi connectivity index (χ0v) is 42.5. The summed E-state index contributed by atoms with van der Waals surface area (Å²) in [4.78, 5) is 20.7. The lowest BCUT2D eigenvalue weighted by Gasteiger charge is -2.42. The maximum atomic E-state index is 13.1. The molecule has 1 aliphatic rings. The van der Waals surface area contributed by atoms with Crippen molar-refractivity contribution in [1.29, 1.82) is 0 Å². The Labute approximate surface area is 357 Å². The maximum Gasteiger partial charge on any atom is 0.305 e. The van der Waals surface area contributed by atoms with E-state index in [1.165, 1.54) is 96.4 Å². The van der Waals surface area contributed by atoms with Crippen LogP contribution >= 0.6 is 12.6 Å². The van der Waals surface area contributed by atoms with Crippen molar-refractivity contribution in [2.45, 2.75) is 219 Å². The zero-order valence-electron chi connectivity index (χ0n) is 39.6. The van der Waals surface area contributed by atoms with Crippen molar-refractivity contribution in [3.05, 3.63) is 0 Å². The van der Waals surface area contributed by atoms with Crippen LogP contribution in [0.4, 0.5) is 0 Å². The van der Waals surface area contributed by atoms with Gasteiger partial charge in [-0.2, -0.15) is 12.6 Å². The number of rotatable bonds is 33. The second-order valence-electron chi connectivity index (χ2n) is 20.3. The van der Waals surface area contributed by atoms with Crippen LogP contribution in [0.15, 0.2) is 0 Å². The van der Waals surface area contributed by atoms with Crippen molar-refractivity contribution in [2.75, 3.05) is 71.3 Å². The zero-order chi connectivity index (χ0) is 42.1. The largest absolute Gasteiger partial charge is 0.464 e. The van der Waals surface area contributed by atoms with Crippen LogP contribution in [0.5, 0.6) is 0 Å². The summed E-state index contributed by atoms with van der Waals surface area (Å²) < 4.78 is 20.4. The van der Waals surface area contributed by atoms with E-state index in [0.29, 0.717) is 13.0 Å². The van der Waals surface area contributed by atoms with Crippen LogP contribution in [0.3, 0.4) is 0 Å². The predicted molar refractivity (Wildman–Crippen MR) is 253 cm³/mol. The summed E-state index contributed by atoms with van der Waals surface area (Å²) in [5.41, 5.74) is 0. The number of ether oxygens (including phenoxy) is 1. The van der Waals surface area contributed by atoms with Crippen LogP contribution in [0.2, 0.25) is 36.3 Å². The summed E-state index contributed by atoms with van der Waals surface area (Å²) in [6.45, 7) is 37.9. The Balaban J connectivity index is 3.05. The minimum atomic E-state index is -1.98. The Morgan fingerprint density at radius 2 is 1.05 bits per heavy atom. The number of nitrogens with zero attached hydrogens (tertiary/aromatic N) is 3. The summed E-state index contributed by atoms with van der Waals surface area (Å²) in [7, 11) is -3.96. The molecule has 1 aliphatic heterocycles. The first-order chi connectivity index (χ1) is 26.3. The quantitative estimate of drug-likeness (QED) is 0.0306. The Kier molecular flexibility index (Phi) is 28.3. The van der Waals surface area contributed by atoms with Gasteiger partial charge in [-0.1, -0.05) is 132 Å². The average molecular weight is 845 g/mol. The molecule has 334 valence electrons. The Hall–Kier alpha value is 0.0538. The molecular weight excluding hydrogens is 747 g/mol. The molecule has 0 aliphatic carbocycles. The summed E-state index contributed by atoms with van der Waals surface area (Å²) in [5.74, 6) is 0.915. The molecule has 1 rings (SSSR count). The van der Waals surface area contributed by atoms with E-state index >= 15 is 0 Å². The number of carbonyl (C=O) groups is 1. The lowest BCUT2D eigenvalue weighted by Crippen LogP contribution is -2.50. The average Bonchev–Trinajstić information content (AvgIpc) is 3.10. The van der Waals surface area contributed by atoms with E-state index < -0.39 is 16.6 Å². The summed E-state index contributed by atoms with van der Waals surface area (Å²) in [6.07, 6.45) is 21.8. The molecule has 0 aromatic heterocycles. The van der Waals surface area contributed by atoms with Gasteiger partial charge >= 0.3 is 5.97 Å². The molecule has 10 heteroatoms. The first-order valence-electron chi connectivity index (χ1n) is 23.6. The van der Waals surface area contributed by atoms with Crippen LogP contribution in [0, 0.1) is 0 Å². The van der Waals surface area contributed by atoms with E-state index in [-0.39, 0.29) is 28.3 Å². The van der Waals surface area contributed by atoms with Crippen LogP contribution in [-0.4, -0.2) is 121 Å². The van der Waals surface area contributed by atoms with Crippen molar-refractivity contribution in [3.8, 4) is 0 Å². The molecule has 0 saturated carbocycles. The molecule has 2 atom stereocenters. The van der Waals surface area contributed by atoms with Gasteiger partial charge in [-0.15, -0.1) is 0 Å². The number of unbranched alkanes of at least 4 members (excludes halogenated alkanes) is 11. The molecule has 56 heavy (non-hydrogen) atoms. The number of hydrogen-bond acceptors (Lipinski definition) is 8. The highest BCUT2D eigenvalue weighted by molar-refractivity contribution is 7.80. The maximum absolute atomic E-state index is 13.1. The van der Waals surface area contributed by atoms with Crippen LogP contribution in [0.25, 0.3) is 0 Å². The molecule has 0 N–H and O–H groups in total. The Morgan fingerprint density at radius 3 is 1.48 bits per heavy atom. The molecule has 0 spiro atoms. The molecule has 2 unspecified atom stereocenters. The van der Waals surface area contributed by atoms with Gasteiger partial charge in [0.05, 0.1) is 12.2 Å². The lowest BCUT2D eigenvalue weighted by molar-refractivity contribution is -0.144. The van der Waals surface area contributed by atoms with Gasteiger partial charge in [0.1, 0.15) is 6.61 Å². The van der Waals surface area contributed by atoms with E-state index in [1.54, 1.807) is 0 Å². The normalized spacial score (nSPS) is 16.5. The molecule has 0 bridgehead atoms. The van der Waals surface area contributed by atoms with E-state index in [2.05, 4.69) is 109 Å². The van der Waals surface area contributed by atoms with Gasteiger partial charge in [0.15, 0.2) is 16.6 Å². The minimum Gasteiger partial charge on any atom is -0.464 e. The highest BCUT2D eigenvalue weighted by atomic mass is 32.1. The standard InChI is InChI=1S/C46H97N3O4SSi2/c1-13-15-17-19-21-23-28-42(52-55(9,10)45(3,4)5)40-49(41-43(29-24-22-20-18-16-14-2)53-56(11,12)46(6,7)8)32-27-30-44(50)51-38-37-48-35-33-47(34-36-48)31-25-26-39-54/h42-43,54H,13-41H2,1-12H3. The number of carbonyl (C=O) groups excluding carboxylic acids is 1. The fourth-order valence-electron chi connectivity index (χ4n) is 7.19. The van der Waals surface area contributed by atoms with E-state index in [9.17, 15) is 4.79 Å². The molecule has 0 aromatic rings. The van der Waals surface area contributed by atoms with Crippen LogP contribution in [0.1, 0.15) is 171 Å². The fraction of sp³-hybridized carbons (Fsp3) is 0.978. The monoisotopic (exact) mass is 844 g/mol. The van der Waals surface area contributed by atoms with Gasteiger partial charge < -0.3 is 18.5 Å². The first kappa shape index (κ1) is 54.1. The molecule has 1 heterocycles. The van der Waals surface area contributed by atoms with E-state index in [1.807, 2.05) is 0 Å². The predicted octanol–water partition coefficient (Wildman–Crippen LogP) is 12.2. The highest BCUT2D eigenvalue weighted by Gasteiger charge is 2.41. The SMILES string of the molecule is CCCCCCCCC(CN(CCCC(=O)OCCN1CCN(CCCCS)CC1)CC(CCCCCCCC)O[Si](C)(C)C(C)(C)C)O[Si](C)(C)C(C)(C)C. The molecule has 7 nitrogen and oxygen atoms in total. The third kappa shape index (κ3) is 24.3. The molecular formula is C46H97N3O4SSi2. The van der Waals surface area contributed by atoms with Gasteiger partial charge in [0.25, 0.3) is 0 Å². The smallest absolute Gasteiger partial charge is 0.305 e. The minimum absolute atomic E-state index is 0.0577. The van der Waals surface area contributed by atoms with E-state index in [4.69, 9.17) is 13.6 Å². The van der Waals surface area contributed by atoms with E-state index in [0.717, 1.165) is 77.4 Å². The van der Waals surface area contributed by atoms with Crippen molar-refractivity contribution < 1.29 is 18.4 Å². The number of thiol groups is 1. The number of piperazine rings is 1. The van der Waals surface area contributed by atoms with Crippen molar-refractivity contribution in [2.24, 2.45) is 0 Å². The third-order valence-corrected chi connectivity index (χ3v) is 22.5. The van der Waals surface area contributed by atoms with Crippen molar-refractivity contribution >= 4 is 35.2 Å².